The van der Waals surface area contributed by atoms with E-state index in [1.54, 1.807) is 14.2 Å². The lowest BCUT2D eigenvalue weighted by Gasteiger charge is -2.07. The van der Waals surface area contributed by atoms with Gasteiger partial charge in [0.1, 0.15) is 0 Å². The van der Waals surface area contributed by atoms with Gasteiger partial charge in [-0.15, -0.1) is 0 Å². The molecule has 0 saturated heterocycles. The van der Waals surface area contributed by atoms with Crippen LogP contribution in [0.1, 0.15) is 11.1 Å². The van der Waals surface area contributed by atoms with E-state index in [9.17, 15) is 0 Å². The SMILES string of the molecule is COc1ccc(C=NCCc2ccc(Cl)cc2)cc1OC. The number of halogens is 1. The topological polar surface area (TPSA) is 30.8 Å². The van der Waals surface area contributed by atoms with Gasteiger partial charge >= 0.3 is 0 Å². The van der Waals surface area contributed by atoms with E-state index >= 15 is 0 Å². The molecule has 21 heavy (non-hydrogen) atoms. The Bertz CT molecular complexity index is 609. The molecule has 0 unspecified atom stereocenters. The van der Waals surface area contributed by atoms with Crippen molar-refractivity contribution in [2.75, 3.05) is 20.8 Å². The van der Waals surface area contributed by atoms with E-state index in [1.165, 1.54) is 5.56 Å². The highest BCUT2D eigenvalue weighted by atomic mass is 35.5. The predicted octanol–water partition coefficient (Wildman–Crippen LogP) is 4.02. The summed E-state index contributed by atoms with van der Waals surface area (Å²) in [4.78, 5) is 4.44. The standard InChI is InChI=1S/C17H18ClNO2/c1-20-16-8-5-14(11-17(16)21-2)12-19-10-9-13-3-6-15(18)7-4-13/h3-8,11-12H,9-10H2,1-2H3. The zero-order chi connectivity index (χ0) is 15.1. The van der Waals surface area contributed by atoms with E-state index in [1.807, 2.05) is 48.7 Å². The summed E-state index contributed by atoms with van der Waals surface area (Å²) in [6.07, 6.45) is 2.73. The number of methoxy groups -OCH3 is 2. The van der Waals surface area contributed by atoms with Gasteiger partial charge in [0, 0.05) is 17.8 Å². The molecule has 0 heterocycles. The normalized spacial score (nSPS) is 10.8. The summed E-state index contributed by atoms with van der Waals surface area (Å²) in [6.45, 7) is 0.732. The molecule has 110 valence electrons. The first kappa shape index (κ1) is 15.4. The first-order valence-corrected chi connectivity index (χ1v) is 7.07. The maximum Gasteiger partial charge on any atom is 0.161 e. The molecule has 0 atom stereocenters. The molecular weight excluding hydrogens is 286 g/mol. The van der Waals surface area contributed by atoms with Crippen LogP contribution < -0.4 is 9.47 Å². The van der Waals surface area contributed by atoms with Crippen molar-refractivity contribution in [2.24, 2.45) is 4.99 Å². The van der Waals surface area contributed by atoms with Crippen LogP contribution >= 0.6 is 11.6 Å². The van der Waals surface area contributed by atoms with Gasteiger partial charge in [-0.3, -0.25) is 4.99 Å². The summed E-state index contributed by atoms with van der Waals surface area (Å²) in [6, 6.07) is 13.6. The van der Waals surface area contributed by atoms with Crippen LogP contribution in [0.15, 0.2) is 47.5 Å². The highest BCUT2D eigenvalue weighted by Gasteiger charge is 2.02. The molecule has 0 bridgehead atoms. The summed E-state index contributed by atoms with van der Waals surface area (Å²) in [5.74, 6) is 1.43. The molecule has 0 aromatic heterocycles. The highest BCUT2D eigenvalue weighted by molar-refractivity contribution is 6.30. The van der Waals surface area contributed by atoms with Gasteiger partial charge in [0.2, 0.25) is 0 Å². The Balaban J connectivity index is 1.93. The molecule has 0 amide bonds. The van der Waals surface area contributed by atoms with Crippen molar-refractivity contribution in [2.45, 2.75) is 6.42 Å². The van der Waals surface area contributed by atoms with Gasteiger partial charge in [0.25, 0.3) is 0 Å². The number of aliphatic imine (C=N–C) groups is 1. The highest BCUT2D eigenvalue weighted by Crippen LogP contribution is 2.26. The average molecular weight is 304 g/mol. The Morgan fingerprint density at radius 3 is 2.38 bits per heavy atom. The monoisotopic (exact) mass is 303 g/mol. The molecule has 0 saturated carbocycles. The van der Waals surface area contributed by atoms with E-state index in [4.69, 9.17) is 21.1 Å². The number of hydrogen-bond donors (Lipinski definition) is 0. The van der Waals surface area contributed by atoms with Crippen molar-refractivity contribution in [3.8, 4) is 11.5 Å². The predicted molar refractivity (Wildman–Crippen MR) is 87.2 cm³/mol. The lowest BCUT2D eigenvalue weighted by atomic mass is 10.1. The minimum Gasteiger partial charge on any atom is -0.493 e. The van der Waals surface area contributed by atoms with Crippen LogP contribution in [-0.4, -0.2) is 27.0 Å². The summed E-state index contributed by atoms with van der Waals surface area (Å²) in [5, 5.41) is 0.757. The van der Waals surface area contributed by atoms with Gasteiger partial charge in [-0.1, -0.05) is 23.7 Å². The molecule has 0 fully saturated rings. The van der Waals surface area contributed by atoms with Gasteiger partial charge < -0.3 is 9.47 Å². The summed E-state index contributed by atoms with van der Waals surface area (Å²) < 4.78 is 10.5. The molecule has 2 aromatic rings. The largest absolute Gasteiger partial charge is 0.493 e. The van der Waals surface area contributed by atoms with Crippen LogP contribution in [0.5, 0.6) is 11.5 Å². The summed E-state index contributed by atoms with van der Waals surface area (Å²) in [5.41, 5.74) is 2.22. The molecule has 2 rings (SSSR count). The zero-order valence-electron chi connectivity index (χ0n) is 12.2. The van der Waals surface area contributed by atoms with Crippen LogP contribution in [0.2, 0.25) is 5.02 Å². The Morgan fingerprint density at radius 1 is 1.00 bits per heavy atom. The van der Waals surface area contributed by atoms with Crippen molar-refractivity contribution < 1.29 is 9.47 Å². The van der Waals surface area contributed by atoms with Crippen molar-refractivity contribution in [3.05, 3.63) is 58.6 Å². The molecule has 0 N–H and O–H groups in total. The Morgan fingerprint density at radius 2 is 1.71 bits per heavy atom. The Hall–Kier alpha value is -2.00. The Labute approximate surface area is 130 Å². The molecule has 0 radical (unpaired) electrons. The lowest BCUT2D eigenvalue weighted by molar-refractivity contribution is 0.355. The molecular formula is C17H18ClNO2. The Kier molecular flexibility index (Phi) is 5.64. The van der Waals surface area contributed by atoms with Crippen LogP contribution in [0.3, 0.4) is 0 Å². The minimum atomic E-state index is 0.708. The minimum absolute atomic E-state index is 0.708. The quantitative estimate of drug-likeness (QED) is 0.755. The molecule has 0 aliphatic rings. The zero-order valence-corrected chi connectivity index (χ0v) is 12.9. The van der Waals surface area contributed by atoms with Gasteiger partial charge in [0.05, 0.1) is 14.2 Å². The molecule has 4 heteroatoms. The number of benzene rings is 2. The van der Waals surface area contributed by atoms with Gasteiger partial charge in [0.15, 0.2) is 11.5 Å². The molecule has 3 nitrogen and oxygen atoms in total. The molecule has 0 spiro atoms. The summed E-state index contributed by atoms with van der Waals surface area (Å²) in [7, 11) is 3.25. The average Bonchev–Trinajstić information content (AvgIpc) is 2.53. The fourth-order valence-corrected chi connectivity index (χ4v) is 2.07. The van der Waals surface area contributed by atoms with E-state index in [0.717, 1.165) is 29.3 Å². The molecule has 0 aliphatic heterocycles. The second-order valence-electron chi connectivity index (χ2n) is 4.53. The van der Waals surface area contributed by atoms with Crippen molar-refractivity contribution in [1.82, 2.24) is 0 Å². The number of nitrogens with zero attached hydrogens (tertiary/aromatic N) is 1. The first-order valence-electron chi connectivity index (χ1n) is 6.69. The van der Waals surface area contributed by atoms with E-state index in [0.29, 0.717) is 5.75 Å². The van der Waals surface area contributed by atoms with Gasteiger partial charge in [-0.25, -0.2) is 0 Å². The third kappa shape index (κ3) is 4.50. The van der Waals surface area contributed by atoms with Crippen molar-refractivity contribution >= 4 is 17.8 Å². The first-order chi connectivity index (χ1) is 10.2. The second kappa shape index (κ2) is 7.70. The number of rotatable bonds is 6. The lowest BCUT2D eigenvalue weighted by Crippen LogP contribution is -1.93. The van der Waals surface area contributed by atoms with Gasteiger partial charge in [-0.2, -0.15) is 0 Å². The van der Waals surface area contributed by atoms with Gasteiger partial charge in [-0.05, 0) is 47.9 Å². The fraction of sp³-hybridized carbons (Fsp3) is 0.235. The second-order valence-corrected chi connectivity index (χ2v) is 4.96. The van der Waals surface area contributed by atoms with E-state index in [-0.39, 0.29) is 0 Å². The van der Waals surface area contributed by atoms with Crippen molar-refractivity contribution in [3.63, 3.8) is 0 Å². The summed E-state index contributed by atoms with van der Waals surface area (Å²) >= 11 is 5.85. The molecule has 0 aliphatic carbocycles. The van der Waals surface area contributed by atoms with Crippen LogP contribution in [0.4, 0.5) is 0 Å². The third-order valence-corrected chi connectivity index (χ3v) is 3.34. The number of hydrogen-bond acceptors (Lipinski definition) is 3. The van der Waals surface area contributed by atoms with E-state index < -0.39 is 0 Å². The van der Waals surface area contributed by atoms with E-state index in [2.05, 4.69) is 4.99 Å². The van der Waals surface area contributed by atoms with Crippen LogP contribution in [-0.2, 0) is 6.42 Å². The van der Waals surface area contributed by atoms with Crippen molar-refractivity contribution in [1.29, 1.82) is 0 Å². The number of ether oxygens (including phenoxy) is 2. The van der Waals surface area contributed by atoms with Crippen LogP contribution in [0, 0.1) is 0 Å². The smallest absolute Gasteiger partial charge is 0.161 e. The van der Waals surface area contributed by atoms with Crippen LogP contribution in [0.25, 0.3) is 0 Å². The fourth-order valence-electron chi connectivity index (χ4n) is 1.95. The molecule has 2 aromatic carbocycles. The maximum atomic E-state index is 5.85. The third-order valence-electron chi connectivity index (χ3n) is 3.09. The maximum absolute atomic E-state index is 5.85.